The number of carbonyl (C=O) groups is 2. The number of aromatic amines is 2. The van der Waals surface area contributed by atoms with Crippen LogP contribution < -0.4 is 5.32 Å². The van der Waals surface area contributed by atoms with Crippen LogP contribution in [0.15, 0.2) is 24.3 Å². The smallest absolute Gasteiger partial charge is 0.475 e. The number of likely N-dealkylation sites (tertiary alicyclic amines) is 1. The minimum atomic E-state index is -5.08. The molecule has 1 amide bonds. The number of carboxylic acid groups (broad SMARTS) is 1. The minimum Gasteiger partial charge on any atom is -0.475 e. The molecule has 4 N–H and O–H groups in total. The number of nitrogens with zero attached hydrogens (tertiary/aromatic N) is 4. The predicted octanol–water partition coefficient (Wildman–Crippen LogP) is 2.81. The van der Waals surface area contributed by atoms with Crippen LogP contribution in [-0.4, -0.2) is 61.8 Å². The van der Waals surface area contributed by atoms with Crippen LogP contribution in [-0.2, 0) is 4.79 Å². The Kier molecular flexibility index (Phi) is 6.45. The summed E-state index contributed by atoms with van der Waals surface area (Å²) < 4.78 is 31.7. The summed E-state index contributed by atoms with van der Waals surface area (Å²) in [4.78, 5) is 30.9. The highest BCUT2D eigenvalue weighted by Crippen LogP contribution is 2.29. The molecule has 3 heterocycles. The molecule has 168 valence electrons. The molecule has 32 heavy (non-hydrogen) atoms. The third-order valence-electron chi connectivity index (χ3n) is 4.80. The van der Waals surface area contributed by atoms with Crippen LogP contribution in [0.2, 0.25) is 0 Å². The molecule has 0 saturated carbocycles. The fourth-order valence-corrected chi connectivity index (χ4v) is 3.24. The zero-order chi connectivity index (χ0) is 23.5. The van der Waals surface area contributed by atoms with Crippen molar-refractivity contribution >= 4 is 28.9 Å². The van der Waals surface area contributed by atoms with Crippen molar-refractivity contribution in [1.29, 1.82) is 5.26 Å². The SMILES string of the molecule is CN1CCCC1c1cc(C(=O)Nc2nc3ccc(C#N)cc3[nH]2)n[nH]1.O=C(O)C(F)(F)F. The molecule has 2 aromatic heterocycles. The molecule has 1 saturated heterocycles. The molecule has 1 aromatic carbocycles. The number of alkyl halides is 3. The van der Waals surface area contributed by atoms with E-state index in [-0.39, 0.29) is 11.9 Å². The molecule has 4 rings (SSSR count). The van der Waals surface area contributed by atoms with Crippen LogP contribution in [0, 0.1) is 11.3 Å². The van der Waals surface area contributed by atoms with Crippen LogP contribution in [0.25, 0.3) is 11.0 Å². The number of amides is 1. The number of nitrogens with one attached hydrogen (secondary N) is 3. The topological polar surface area (TPSA) is 151 Å². The van der Waals surface area contributed by atoms with Gasteiger partial charge in [0.2, 0.25) is 5.95 Å². The van der Waals surface area contributed by atoms with Crippen molar-refractivity contribution in [2.45, 2.75) is 25.1 Å². The first-order valence-corrected chi connectivity index (χ1v) is 9.35. The number of carboxylic acids is 1. The molecule has 0 bridgehead atoms. The van der Waals surface area contributed by atoms with Gasteiger partial charge in [0.1, 0.15) is 0 Å². The Morgan fingerprint density at radius 3 is 2.66 bits per heavy atom. The molecule has 10 nitrogen and oxygen atoms in total. The molecule has 1 unspecified atom stereocenters. The van der Waals surface area contributed by atoms with Crippen molar-refractivity contribution in [3.63, 3.8) is 0 Å². The lowest BCUT2D eigenvalue weighted by molar-refractivity contribution is -0.192. The highest BCUT2D eigenvalue weighted by Gasteiger charge is 2.38. The van der Waals surface area contributed by atoms with Gasteiger partial charge in [-0.1, -0.05) is 0 Å². The van der Waals surface area contributed by atoms with Gasteiger partial charge < -0.3 is 10.1 Å². The fraction of sp³-hybridized carbons (Fsp3) is 0.316. The summed E-state index contributed by atoms with van der Waals surface area (Å²) >= 11 is 0. The number of rotatable bonds is 3. The molecule has 13 heteroatoms. The summed E-state index contributed by atoms with van der Waals surface area (Å²) in [6.45, 7) is 1.05. The normalized spacial score (nSPS) is 16.3. The first-order chi connectivity index (χ1) is 15.1. The van der Waals surface area contributed by atoms with E-state index in [9.17, 15) is 18.0 Å². The lowest BCUT2D eigenvalue weighted by Gasteiger charge is -2.16. The molecule has 1 fully saturated rings. The summed E-state index contributed by atoms with van der Waals surface area (Å²) in [5, 5.41) is 25.9. The first-order valence-electron chi connectivity index (χ1n) is 9.35. The summed E-state index contributed by atoms with van der Waals surface area (Å²) in [5.74, 6) is -2.76. The molecule has 1 aliphatic rings. The average molecular weight is 449 g/mol. The maximum atomic E-state index is 12.4. The third-order valence-corrected chi connectivity index (χ3v) is 4.80. The molecule has 1 aliphatic heterocycles. The molecular weight excluding hydrogens is 431 g/mol. The molecular formula is C19H18F3N7O3. The van der Waals surface area contributed by atoms with E-state index in [1.165, 1.54) is 0 Å². The van der Waals surface area contributed by atoms with Crippen LogP contribution in [0.5, 0.6) is 0 Å². The second-order valence-corrected chi connectivity index (χ2v) is 7.03. The van der Waals surface area contributed by atoms with Crippen molar-refractivity contribution < 1.29 is 27.9 Å². The Balaban J connectivity index is 0.000000360. The van der Waals surface area contributed by atoms with Crippen LogP contribution >= 0.6 is 0 Å². The number of nitriles is 1. The van der Waals surface area contributed by atoms with Crippen molar-refractivity contribution in [3.8, 4) is 6.07 Å². The zero-order valence-corrected chi connectivity index (χ0v) is 16.7. The van der Waals surface area contributed by atoms with E-state index in [0.717, 1.165) is 25.1 Å². The summed E-state index contributed by atoms with van der Waals surface area (Å²) in [5.41, 5.74) is 3.20. The van der Waals surface area contributed by atoms with Gasteiger partial charge in [0, 0.05) is 0 Å². The second kappa shape index (κ2) is 9.06. The molecule has 0 spiro atoms. The number of aromatic nitrogens is 4. The van der Waals surface area contributed by atoms with E-state index in [2.05, 4.69) is 43.5 Å². The van der Waals surface area contributed by atoms with Gasteiger partial charge in [-0.05, 0) is 50.7 Å². The van der Waals surface area contributed by atoms with Crippen LogP contribution in [0.3, 0.4) is 0 Å². The molecule has 1 atom stereocenters. The number of H-pyrrole nitrogens is 2. The Bertz CT molecular complexity index is 1180. The monoisotopic (exact) mass is 449 g/mol. The van der Waals surface area contributed by atoms with E-state index >= 15 is 0 Å². The summed E-state index contributed by atoms with van der Waals surface area (Å²) in [7, 11) is 2.07. The lowest BCUT2D eigenvalue weighted by atomic mass is 10.1. The molecule has 3 aromatic rings. The fourth-order valence-electron chi connectivity index (χ4n) is 3.24. The Labute approximate surface area is 179 Å². The van der Waals surface area contributed by atoms with Crippen molar-refractivity contribution in [3.05, 3.63) is 41.2 Å². The quantitative estimate of drug-likeness (QED) is 0.480. The average Bonchev–Trinajstić information content (AvgIpc) is 3.45. The van der Waals surface area contributed by atoms with E-state index in [1.54, 1.807) is 24.3 Å². The zero-order valence-electron chi connectivity index (χ0n) is 16.7. The summed E-state index contributed by atoms with van der Waals surface area (Å²) in [6, 6.07) is 9.27. The number of fused-ring (bicyclic) bond motifs is 1. The van der Waals surface area contributed by atoms with E-state index in [0.29, 0.717) is 28.2 Å². The number of hydrogen-bond acceptors (Lipinski definition) is 6. The highest BCUT2D eigenvalue weighted by molar-refractivity contribution is 6.02. The third kappa shape index (κ3) is 5.22. The number of carbonyl (C=O) groups excluding carboxylic acids is 1. The highest BCUT2D eigenvalue weighted by atomic mass is 19.4. The van der Waals surface area contributed by atoms with E-state index in [1.807, 2.05) is 0 Å². The number of imidazole rings is 1. The lowest BCUT2D eigenvalue weighted by Crippen LogP contribution is -2.21. The first kappa shape index (κ1) is 22.8. The Morgan fingerprint density at radius 1 is 1.34 bits per heavy atom. The van der Waals surface area contributed by atoms with Crippen molar-refractivity contribution in [1.82, 2.24) is 25.1 Å². The van der Waals surface area contributed by atoms with Gasteiger partial charge in [0.15, 0.2) is 5.69 Å². The number of halogens is 3. The minimum absolute atomic E-state index is 0.282. The number of hydrogen-bond donors (Lipinski definition) is 4. The predicted molar refractivity (Wildman–Crippen MR) is 106 cm³/mol. The van der Waals surface area contributed by atoms with E-state index < -0.39 is 12.1 Å². The van der Waals surface area contributed by atoms with Gasteiger partial charge in [0.05, 0.1) is 34.4 Å². The van der Waals surface area contributed by atoms with Gasteiger partial charge in [-0.15, -0.1) is 0 Å². The van der Waals surface area contributed by atoms with E-state index in [4.69, 9.17) is 15.2 Å². The van der Waals surface area contributed by atoms with Crippen LogP contribution in [0.4, 0.5) is 19.1 Å². The van der Waals surface area contributed by atoms with Gasteiger partial charge in [-0.3, -0.25) is 20.1 Å². The largest absolute Gasteiger partial charge is 0.490 e. The summed E-state index contributed by atoms with van der Waals surface area (Å²) in [6.07, 6.45) is -2.88. The second-order valence-electron chi connectivity index (χ2n) is 7.03. The maximum absolute atomic E-state index is 12.4. The van der Waals surface area contributed by atoms with Gasteiger partial charge in [-0.25, -0.2) is 9.78 Å². The van der Waals surface area contributed by atoms with Crippen LogP contribution in [0.1, 0.15) is 40.6 Å². The Hall–Kier alpha value is -3.92. The van der Waals surface area contributed by atoms with Crippen molar-refractivity contribution in [2.75, 3.05) is 18.9 Å². The van der Waals surface area contributed by atoms with Gasteiger partial charge in [-0.2, -0.15) is 23.5 Å². The van der Waals surface area contributed by atoms with Crippen molar-refractivity contribution in [2.24, 2.45) is 0 Å². The van der Waals surface area contributed by atoms with Gasteiger partial charge in [0.25, 0.3) is 5.91 Å². The molecule has 0 radical (unpaired) electrons. The number of anilines is 1. The number of aliphatic carboxylic acids is 1. The number of benzene rings is 1. The standard InChI is InChI=1S/C17H17N7O.C2HF3O2/c1-24-6-2-3-15(24)13-8-14(23-22-13)16(25)21-17-19-11-5-4-10(9-18)7-12(11)20-17;3-2(4,5)1(6)7/h4-5,7-8,15H,2-3,6H2,1H3,(H,22,23)(H2,19,20,21,25);(H,6,7). The Morgan fingerprint density at radius 2 is 2.06 bits per heavy atom. The molecule has 0 aliphatic carbocycles. The van der Waals surface area contributed by atoms with Gasteiger partial charge >= 0.3 is 12.1 Å². The maximum Gasteiger partial charge on any atom is 0.490 e.